The summed E-state index contributed by atoms with van der Waals surface area (Å²) < 4.78 is 7.52. The van der Waals surface area contributed by atoms with Crippen LogP contribution in [0.1, 0.15) is 52.1 Å². The third-order valence-electron chi connectivity index (χ3n) is 3.23. The van der Waals surface area contributed by atoms with Crippen molar-refractivity contribution in [2.75, 3.05) is 13.7 Å². The Hall–Kier alpha value is -1.03. The van der Waals surface area contributed by atoms with Gasteiger partial charge in [-0.15, -0.1) is 0 Å². The lowest BCUT2D eigenvalue weighted by Crippen LogP contribution is -2.27. The van der Waals surface area contributed by atoms with Gasteiger partial charge in [-0.3, -0.25) is 4.68 Å². The molecule has 104 valence electrons. The van der Waals surface area contributed by atoms with Crippen LogP contribution in [0.5, 0.6) is 5.75 Å². The summed E-state index contributed by atoms with van der Waals surface area (Å²) in [6.45, 7) is 10.8. The van der Waals surface area contributed by atoms with Gasteiger partial charge in [-0.2, -0.15) is 5.10 Å². The number of hydrogen-bond donors (Lipinski definition) is 1. The molecule has 0 bridgehead atoms. The van der Waals surface area contributed by atoms with Crippen LogP contribution in [0.4, 0.5) is 0 Å². The minimum atomic E-state index is 0.447. The van der Waals surface area contributed by atoms with Gasteiger partial charge in [0.25, 0.3) is 0 Å². The molecule has 2 atom stereocenters. The van der Waals surface area contributed by atoms with E-state index in [0.29, 0.717) is 12.0 Å². The number of hydrogen-bond acceptors (Lipinski definition) is 3. The van der Waals surface area contributed by atoms with Crippen molar-refractivity contribution in [2.45, 2.75) is 59.0 Å². The largest absolute Gasteiger partial charge is 0.493 e. The van der Waals surface area contributed by atoms with Crippen molar-refractivity contribution in [3.63, 3.8) is 0 Å². The van der Waals surface area contributed by atoms with E-state index in [2.05, 4.69) is 42.8 Å². The second-order valence-corrected chi connectivity index (χ2v) is 4.92. The van der Waals surface area contributed by atoms with Gasteiger partial charge in [0.05, 0.1) is 19.0 Å². The predicted molar refractivity (Wildman–Crippen MR) is 75.2 cm³/mol. The fraction of sp³-hybridized carbons (Fsp3) is 0.786. The predicted octanol–water partition coefficient (Wildman–Crippen LogP) is 2.79. The maximum absolute atomic E-state index is 5.43. The monoisotopic (exact) mass is 253 g/mol. The molecule has 0 saturated carbocycles. The van der Waals surface area contributed by atoms with Crippen LogP contribution in [0.2, 0.25) is 0 Å². The highest BCUT2D eigenvalue weighted by Gasteiger charge is 2.19. The summed E-state index contributed by atoms with van der Waals surface area (Å²) in [5.41, 5.74) is 1.23. The molecular weight excluding hydrogens is 226 g/mol. The fourth-order valence-electron chi connectivity index (χ4n) is 2.50. The number of methoxy groups -OCH3 is 1. The zero-order chi connectivity index (χ0) is 13.5. The van der Waals surface area contributed by atoms with Crippen molar-refractivity contribution in [1.82, 2.24) is 15.1 Å². The van der Waals surface area contributed by atoms with Crippen molar-refractivity contribution in [3.05, 3.63) is 11.9 Å². The molecule has 0 spiro atoms. The third-order valence-corrected chi connectivity index (χ3v) is 3.23. The average Bonchev–Trinajstić information content (AvgIpc) is 2.72. The van der Waals surface area contributed by atoms with Gasteiger partial charge in [0.15, 0.2) is 5.75 Å². The van der Waals surface area contributed by atoms with Gasteiger partial charge in [-0.1, -0.05) is 20.8 Å². The van der Waals surface area contributed by atoms with Crippen molar-refractivity contribution in [2.24, 2.45) is 0 Å². The first kappa shape index (κ1) is 15.0. The summed E-state index contributed by atoms with van der Waals surface area (Å²) in [6.07, 6.45) is 4.02. The molecule has 1 heterocycles. The molecule has 1 aromatic heterocycles. The highest BCUT2D eigenvalue weighted by Crippen LogP contribution is 2.29. The lowest BCUT2D eigenvalue weighted by molar-refractivity contribution is 0.393. The Labute approximate surface area is 111 Å². The van der Waals surface area contributed by atoms with Crippen LogP contribution in [0.25, 0.3) is 0 Å². The molecule has 0 aliphatic carbocycles. The Balaban J connectivity index is 2.81. The molecule has 0 radical (unpaired) electrons. The van der Waals surface area contributed by atoms with Gasteiger partial charge in [0, 0.05) is 18.5 Å². The van der Waals surface area contributed by atoms with Gasteiger partial charge >= 0.3 is 0 Å². The molecule has 18 heavy (non-hydrogen) atoms. The maximum Gasteiger partial charge on any atom is 0.160 e. The first-order valence-electron chi connectivity index (χ1n) is 6.97. The van der Waals surface area contributed by atoms with Crippen molar-refractivity contribution in [3.8, 4) is 5.75 Å². The standard InChI is InChI=1S/C14H27N3O/c1-6-8-17-14(13(18-5)10-16-17)11(3)9-12(4)15-7-2/h10-12,15H,6-9H2,1-5H3. The first-order chi connectivity index (χ1) is 8.63. The normalized spacial score (nSPS) is 14.5. The van der Waals surface area contributed by atoms with E-state index in [1.165, 1.54) is 5.69 Å². The van der Waals surface area contributed by atoms with E-state index in [-0.39, 0.29) is 0 Å². The summed E-state index contributed by atoms with van der Waals surface area (Å²) in [7, 11) is 1.72. The Morgan fingerprint density at radius 2 is 2.11 bits per heavy atom. The van der Waals surface area contributed by atoms with Crippen LogP contribution in [-0.4, -0.2) is 29.5 Å². The molecule has 0 amide bonds. The molecule has 1 N–H and O–H groups in total. The smallest absolute Gasteiger partial charge is 0.160 e. The molecule has 4 heteroatoms. The minimum Gasteiger partial charge on any atom is -0.493 e. The molecule has 0 fully saturated rings. The van der Waals surface area contributed by atoms with E-state index in [1.54, 1.807) is 7.11 Å². The maximum atomic E-state index is 5.43. The Morgan fingerprint density at radius 3 is 2.67 bits per heavy atom. The molecule has 2 unspecified atom stereocenters. The second-order valence-electron chi connectivity index (χ2n) is 4.92. The third kappa shape index (κ3) is 3.73. The van der Waals surface area contributed by atoms with E-state index in [4.69, 9.17) is 4.74 Å². The zero-order valence-corrected chi connectivity index (χ0v) is 12.4. The zero-order valence-electron chi connectivity index (χ0n) is 12.4. The van der Waals surface area contributed by atoms with Crippen molar-refractivity contribution < 1.29 is 4.74 Å². The van der Waals surface area contributed by atoms with E-state index in [9.17, 15) is 0 Å². The molecule has 0 aliphatic heterocycles. The minimum absolute atomic E-state index is 0.447. The molecule has 0 aliphatic rings. The number of rotatable bonds is 8. The molecule has 0 aromatic carbocycles. The number of ether oxygens (including phenoxy) is 1. The second kappa shape index (κ2) is 7.41. The van der Waals surface area contributed by atoms with Crippen molar-refractivity contribution in [1.29, 1.82) is 0 Å². The van der Waals surface area contributed by atoms with E-state index < -0.39 is 0 Å². The number of nitrogens with zero attached hydrogens (tertiary/aromatic N) is 2. The summed E-state index contributed by atoms with van der Waals surface area (Å²) in [5, 5.41) is 7.88. The Bertz CT molecular complexity index is 349. The number of aromatic nitrogens is 2. The first-order valence-corrected chi connectivity index (χ1v) is 6.97. The van der Waals surface area contributed by atoms with Gasteiger partial charge < -0.3 is 10.1 Å². The molecule has 0 saturated heterocycles. The van der Waals surface area contributed by atoms with Crippen LogP contribution in [0.15, 0.2) is 6.20 Å². The van der Waals surface area contributed by atoms with E-state index in [0.717, 1.165) is 31.7 Å². The van der Waals surface area contributed by atoms with Crippen LogP contribution in [0.3, 0.4) is 0 Å². The van der Waals surface area contributed by atoms with E-state index >= 15 is 0 Å². The topological polar surface area (TPSA) is 39.1 Å². The highest BCUT2D eigenvalue weighted by atomic mass is 16.5. The van der Waals surface area contributed by atoms with Crippen LogP contribution in [0, 0.1) is 0 Å². The van der Waals surface area contributed by atoms with Gasteiger partial charge in [0.2, 0.25) is 0 Å². The van der Waals surface area contributed by atoms with E-state index in [1.807, 2.05) is 6.20 Å². The fourth-order valence-corrected chi connectivity index (χ4v) is 2.50. The SMILES string of the molecule is CCCn1ncc(OC)c1C(C)CC(C)NCC. The quantitative estimate of drug-likeness (QED) is 0.774. The van der Waals surface area contributed by atoms with Crippen molar-refractivity contribution >= 4 is 0 Å². The Morgan fingerprint density at radius 1 is 1.39 bits per heavy atom. The average molecular weight is 253 g/mol. The lowest BCUT2D eigenvalue weighted by atomic mass is 9.98. The van der Waals surface area contributed by atoms with Crippen LogP contribution >= 0.6 is 0 Å². The van der Waals surface area contributed by atoms with Gasteiger partial charge in [0.1, 0.15) is 0 Å². The summed E-state index contributed by atoms with van der Waals surface area (Å²) >= 11 is 0. The van der Waals surface area contributed by atoms with Crippen LogP contribution in [-0.2, 0) is 6.54 Å². The summed E-state index contributed by atoms with van der Waals surface area (Å²) in [4.78, 5) is 0. The molecule has 1 rings (SSSR count). The Kier molecular flexibility index (Phi) is 6.19. The molecular formula is C14H27N3O. The number of nitrogens with one attached hydrogen (secondary N) is 1. The molecule has 4 nitrogen and oxygen atoms in total. The van der Waals surface area contributed by atoms with Gasteiger partial charge in [-0.25, -0.2) is 0 Å². The number of aryl methyl sites for hydroxylation is 1. The highest BCUT2D eigenvalue weighted by molar-refractivity contribution is 5.28. The summed E-state index contributed by atoms with van der Waals surface area (Å²) in [5.74, 6) is 1.36. The molecule has 1 aromatic rings. The van der Waals surface area contributed by atoms with Crippen LogP contribution < -0.4 is 10.1 Å². The lowest BCUT2D eigenvalue weighted by Gasteiger charge is -2.20. The summed E-state index contributed by atoms with van der Waals surface area (Å²) in [6, 6.07) is 0.514. The van der Waals surface area contributed by atoms with Gasteiger partial charge in [-0.05, 0) is 26.3 Å².